The molecule has 2 aromatic heterocycles. The molecule has 0 aliphatic heterocycles. The number of aliphatic hydroxyl groups is 1. The zero-order valence-corrected chi connectivity index (χ0v) is 12.0. The molecule has 0 bridgehead atoms. The van der Waals surface area contributed by atoms with E-state index in [-0.39, 0.29) is 0 Å². The van der Waals surface area contributed by atoms with Gasteiger partial charge in [-0.1, -0.05) is 54.6 Å². The summed E-state index contributed by atoms with van der Waals surface area (Å²) in [6.45, 7) is 0. The van der Waals surface area contributed by atoms with E-state index in [1.54, 1.807) is 0 Å². The Morgan fingerprint density at radius 1 is 0.870 bits per heavy atom. The van der Waals surface area contributed by atoms with Crippen molar-refractivity contribution in [2.45, 2.75) is 6.10 Å². The topological polar surface area (TPSA) is 72.0 Å². The van der Waals surface area contributed by atoms with Gasteiger partial charge < -0.3 is 5.11 Å². The molecule has 1 atom stereocenters. The van der Waals surface area contributed by atoms with Crippen molar-refractivity contribution in [1.82, 2.24) is 15.3 Å². The van der Waals surface area contributed by atoms with Crippen LogP contribution in [-0.4, -0.2) is 20.4 Å². The first kappa shape index (κ1) is 12.5. The molecule has 23 heavy (non-hydrogen) atoms. The number of pyridine rings is 1. The first-order valence-electron chi connectivity index (χ1n) is 7.33. The van der Waals surface area contributed by atoms with E-state index in [2.05, 4.69) is 10.3 Å². The molecule has 110 valence electrons. The third-order valence-corrected chi connectivity index (χ3v) is 4.27. The molecule has 2 heterocycles. The number of benzene rings is 2. The smallest absolute Gasteiger partial charge is 0.162 e. The van der Waals surface area contributed by atoms with Crippen molar-refractivity contribution in [3.8, 4) is 22.4 Å². The zero-order valence-electron chi connectivity index (χ0n) is 12.0. The largest absolute Gasteiger partial charge is 0.382 e. The summed E-state index contributed by atoms with van der Waals surface area (Å²) < 4.78 is 4.98. The number of nitrogens with zero attached hydrogens (tertiary/aromatic N) is 3. The minimum atomic E-state index is -0.759. The predicted molar refractivity (Wildman–Crippen MR) is 84.5 cm³/mol. The van der Waals surface area contributed by atoms with E-state index in [0.717, 1.165) is 22.3 Å². The Morgan fingerprint density at radius 3 is 2.48 bits per heavy atom. The van der Waals surface area contributed by atoms with Gasteiger partial charge in [0.05, 0.1) is 5.69 Å². The van der Waals surface area contributed by atoms with Crippen LogP contribution < -0.4 is 0 Å². The van der Waals surface area contributed by atoms with Crippen molar-refractivity contribution in [3.63, 3.8) is 0 Å². The van der Waals surface area contributed by atoms with Crippen LogP contribution in [0.2, 0.25) is 0 Å². The van der Waals surface area contributed by atoms with Crippen molar-refractivity contribution in [1.29, 1.82) is 0 Å². The van der Waals surface area contributed by atoms with E-state index in [1.165, 1.54) is 0 Å². The molecule has 5 rings (SSSR count). The van der Waals surface area contributed by atoms with Gasteiger partial charge in [0.1, 0.15) is 17.3 Å². The lowest BCUT2D eigenvalue weighted by Gasteiger charge is -2.07. The van der Waals surface area contributed by atoms with E-state index in [9.17, 15) is 5.11 Å². The highest BCUT2D eigenvalue weighted by Crippen LogP contribution is 2.46. The Hall–Kier alpha value is -3.05. The summed E-state index contributed by atoms with van der Waals surface area (Å²) >= 11 is 0. The van der Waals surface area contributed by atoms with Crippen molar-refractivity contribution in [3.05, 3.63) is 65.9 Å². The molecule has 5 heteroatoms. The molecular weight excluding hydrogens is 290 g/mol. The van der Waals surface area contributed by atoms with E-state index in [4.69, 9.17) is 9.61 Å². The van der Waals surface area contributed by atoms with Gasteiger partial charge in [0.15, 0.2) is 5.52 Å². The van der Waals surface area contributed by atoms with Crippen LogP contribution in [0.5, 0.6) is 0 Å². The molecule has 0 amide bonds. The van der Waals surface area contributed by atoms with Crippen LogP contribution in [0.25, 0.3) is 33.4 Å². The van der Waals surface area contributed by atoms with Gasteiger partial charge in [0, 0.05) is 11.1 Å². The van der Waals surface area contributed by atoms with Gasteiger partial charge in [-0.3, -0.25) is 0 Å². The van der Waals surface area contributed by atoms with Crippen molar-refractivity contribution < 1.29 is 9.74 Å². The van der Waals surface area contributed by atoms with Gasteiger partial charge in [-0.15, -0.1) is 0 Å². The zero-order chi connectivity index (χ0) is 15.4. The maximum atomic E-state index is 10.7. The SMILES string of the molecule is OC1c2ccccc2-c2c1nc(-c1ccccc1)c1nonc21. The maximum Gasteiger partial charge on any atom is 0.162 e. The average Bonchev–Trinajstić information content (AvgIpc) is 3.19. The molecule has 0 fully saturated rings. The summed E-state index contributed by atoms with van der Waals surface area (Å²) in [6, 6.07) is 17.4. The summed E-state index contributed by atoms with van der Waals surface area (Å²) in [6.07, 6.45) is -0.759. The van der Waals surface area contributed by atoms with Gasteiger partial charge in [0.25, 0.3) is 0 Å². The number of hydrogen-bond acceptors (Lipinski definition) is 5. The molecular formula is C18H11N3O2. The Morgan fingerprint density at radius 2 is 1.61 bits per heavy atom. The Kier molecular flexibility index (Phi) is 2.43. The highest BCUT2D eigenvalue weighted by atomic mass is 16.6. The molecule has 0 spiro atoms. The van der Waals surface area contributed by atoms with Crippen molar-refractivity contribution >= 4 is 11.0 Å². The quantitative estimate of drug-likeness (QED) is 0.583. The third kappa shape index (κ3) is 1.62. The lowest BCUT2D eigenvalue weighted by Crippen LogP contribution is -1.99. The highest BCUT2D eigenvalue weighted by Gasteiger charge is 2.33. The summed E-state index contributed by atoms with van der Waals surface area (Å²) in [5, 5.41) is 18.8. The van der Waals surface area contributed by atoms with E-state index in [1.807, 2.05) is 54.6 Å². The first-order chi connectivity index (χ1) is 11.3. The number of fused-ring (bicyclic) bond motifs is 5. The van der Waals surface area contributed by atoms with Crippen LogP contribution in [0.4, 0.5) is 0 Å². The molecule has 0 radical (unpaired) electrons. The molecule has 5 nitrogen and oxygen atoms in total. The van der Waals surface area contributed by atoms with E-state index in [0.29, 0.717) is 22.4 Å². The van der Waals surface area contributed by atoms with Crippen LogP contribution in [-0.2, 0) is 0 Å². The molecule has 1 aliphatic rings. The fourth-order valence-corrected chi connectivity index (χ4v) is 3.23. The lowest BCUT2D eigenvalue weighted by molar-refractivity contribution is 0.221. The monoisotopic (exact) mass is 301 g/mol. The van der Waals surface area contributed by atoms with Gasteiger partial charge in [-0.25, -0.2) is 9.61 Å². The van der Waals surface area contributed by atoms with Crippen LogP contribution in [0.15, 0.2) is 59.2 Å². The Balaban J connectivity index is 1.90. The molecule has 1 aliphatic carbocycles. The molecule has 1 N–H and O–H groups in total. The van der Waals surface area contributed by atoms with Gasteiger partial charge in [0.2, 0.25) is 0 Å². The number of hydrogen-bond donors (Lipinski definition) is 1. The van der Waals surface area contributed by atoms with Crippen LogP contribution in [0, 0.1) is 0 Å². The second-order valence-electron chi connectivity index (χ2n) is 5.54. The van der Waals surface area contributed by atoms with Crippen molar-refractivity contribution in [2.24, 2.45) is 0 Å². The van der Waals surface area contributed by atoms with E-state index >= 15 is 0 Å². The van der Waals surface area contributed by atoms with Gasteiger partial charge in [-0.05, 0) is 21.4 Å². The van der Waals surface area contributed by atoms with Gasteiger partial charge in [-0.2, -0.15) is 0 Å². The van der Waals surface area contributed by atoms with Crippen LogP contribution in [0.3, 0.4) is 0 Å². The van der Waals surface area contributed by atoms with Gasteiger partial charge >= 0.3 is 0 Å². The van der Waals surface area contributed by atoms with Crippen LogP contribution in [0.1, 0.15) is 17.4 Å². The minimum absolute atomic E-state index is 0.605. The fourth-order valence-electron chi connectivity index (χ4n) is 3.23. The average molecular weight is 301 g/mol. The lowest BCUT2D eigenvalue weighted by atomic mass is 10.0. The minimum Gasteiger partial charge on any atom is -0.382 e. The normalized spacial score (nSPS) is 15.6. The summed E-state index contributed by atoms with van der Waals surface area (Å²) in [4.78, 5) is 4.71. The molecule has 4 aromatic rings. The van der Waals surface area contributed by atoms with Crippen molar-refractivity contribution in [2.75, 3.05) is 0 Å². The standard InChI is InChI=1S/C18H11N3O2/c22-18-12-9-5-4-8-11(12)13-15-17(21-23-20-15)14(19-16(13)18)10-6-2-1-3-7-10/h1-9,18,22H. The summed E-state index contributed by atoms with van der Waals surface area (Å²) in [7, 11) is 0. The van der Waals surface area contributed by atoms with E-state index < -0.39 is 6.10 Å². The molecule has 1 unspecified atom stereocenters. The molecule has 2 aromatic carbocycles. The first-order valence-corrected chi connectivity index (χ1v) is 7.33. The predicted octanol–water partition coefficient (Wildman–Crippen LogP) is 3.35. The Bertz CT molecular complexity index is 1040. The van der Waals surface area contributed by atoms with Crippen LogP contribution >= 0.6 is 0 Å². The molecule has 0 saturated carbocycles. The number of aromatic nitrogens is 3. The number of rotatable bonds is 1. The second kappa shape index (κ2) is 4.47. The fraction of sp³-hybridized carbons (Fsp3) is 0.0556. The Labute approximate surface area is 131 Å². The summed E-state index contributed by atoms with van der Waals surface area (Å²) in [5.74, 6) is 0. The highest BCUT2D eigenvalue weighted by molar-refractivity contribution is 6.01. The number of aliphatic hydroxyl groups excluding tert-OH is 1. The third-order valence-electron chi connectivity index (χ3n) is 4.27. The maximum absolute atomic E-state index is 10.7. The summed E-state index contributed by atoms with van der Waals surface area (Å²) in [5.41, 5.74) is 6.02. The second-order valence-corrected chi connectivity index (χ2v) is 5.54. The molecule has 0 saturated heterocycles.